The van der Waals surface area contributed by atoms with E-state index in [1.807, 2.05) is 0 Å². The summed E-state index contributed by atoms with van der Waals surface area (Å²) in [6, 6.07) is 11.0. The molecule has 0 aliphatic carbocycles. The first-order valence-corrected chi connectivity index (χ1v) is 9.40. The van der Waals surface area contributed by atoms with Gasteiger partial charge in [0.2, 0.25) is 15.8 Å². The van der Waals surface area contributed by atoms with E-state index in [-0.39, 0.29) is 11.5 Å². The largest absolute Gasteiger partial charge is 0.493 e. The third kappa shape index (κ3) is 4.89. The molecular weight excluding hydrogens is 372 g/mol. The number of rotatable bonds is 8. The van der Waals surface area contributed by atoms with Gasteiger partial charge in [-0.2, -0.15) is 0 Å². The molecule has 0 saturated heterocycles. The predicted octanol–water partition coefficient (Wildman–Crippen LogP) is 1.97. The Morgan fingerprint density at radius 1 is 1.00 bits per heavy atom. The summed E-state index contributed by atoms with van der Waals surface area (Å²) < 4.78 is 41.1. The molecule has 0 aliphatic rings. The molecule has 0 aliphatic heterocycles. The molecule has 9 heteroatoms. The first-order valence-electron chi connectivity index (χ1n) is 7.96. The average Bonchev–Trinajstić information content (AvgIpc) is 2.66. The van der Waals surface area contributed by atoms with Gasteiger partial charge in [-0.15, -0.1) is 0 Å². The van der Waals surface area contributed by atoms with Gasteiger partial charge in [0.15, 0.2) is 18.1 Å². The van der Waals surface area contributed by atoms with Crippen molar-refractivity contribution < 1.29 is 27.4 Å². The molecule has 146 valence electrons. The number of hydrogen-bond acceptors (Lipinski definition) is 6. The molecule has 0 spiro atoms. The third-order valence-electron chi connectivity index (χ3n) is 3.65. The van der Waals surface area contributed by atoms with Crippen molar-refractivity contribution in [2.45, 2.75) is 4.90 Å². The number of nitrogens with zero attached hydrogens (tertiary/aromatic N) is 1. The molecule has 0 bridgehead atoms. The molecule has 2 aromatic carbocycles. The topological polar surface area (TPSA) is 94.2 Å². The van der Waals surface area contributed by atoms with Crippen molar-refractivity contribution in [3.63, 3.8) is 0 Å². The van der Waals surface area contributed by atoms with E-state index in [9.17, 15) is 13.2 Å². The number of nitrogens with one attached hydrogen (secondary N) is 1. The van der Waals surface area contributed by atoms with Crippen molar-refractivity contribution in [2.75, 3.05) is 40.2 Å². The van der Waals surface area contributed by atoms with E-state index in [0.717, 1.165) is 4.31 Å². The van der Waals surface area contributed by atoms with E-state index in [4.69, 9.17) is 14.2 Å². The van der Waals surface area contributed by atoms with Crippen molar-refractivity contribution in [1.29, 1.82) is 0 Å². The highest BCUT2D eigenvalue weighted by atomic mass is 32.2. The molecule has 0 saturated carbocycles. The van der Waals surface area contributed by atoms with Crippen LogP contribution in [0.1, 0.15) is 0 Å². The summed E-state index contributed by atoms with van der Waals surface area (Å²) in [6.45, 7) is -0.269. The van der Waals surface area contributed by atoms with Gasteiger partial charge >= 0.3 is 0 Å². The highest BCUT2D eigenvalue weighted by Gasteiger charge is 2.17. The van der Waals surface area contributed by atoms with Crippen LogP contribution in [0.3, 0.4) is 0 Å². The lowest BCUT2D eigenvalue weighted by molar-refractivity contribution is -0.118. The summed E-state index contributed by atoms with van der Waals surface area (Å²) in [4.78, 5) is 12.3. The summed E-state index contributed by atoms with van der Waals surface area (Å²) in [5.41, 5.74) is 0.452. The number of para-hydroxylation sites is 1. The Hall–Kier alpha value is -2.78. The fourth-order valence-electron chi connectivity index (χ4n) is 2.22. The highest BCUT2D eigenvalue weighted by molar-refractivity contribution is 7.89. The van der Waals surface area contributed by atoms with Crippen LogP contribution in [0.25, 0.3) is 0 Å². The predicted molar refractivity (Wildman–Crippen MR) is 101 cm³/mol. The van der Waals surface area contributed by atoms with Crippen LogP contribution >= 0.6 is 0 Å². The van der Waals surface area contributed by atoms with Crippen molar-refractivity contribution >= 4 is 21.6 Å². The van der Waals surface area contributed by atoms with Crippen LogP contribution in [0.4, 0.5) is 5.69 Å². The number of carbonyl (C=O) groups excluding carboxylic acids is 1. The second-order valence-corrected chi connectivity index (χ2v) is 7.79. The number of hydrogen-bond donors (Lipinski definition) is 1. The van der Waals surface area contributed by atoms with Gasteiger partial charge in [-0.1, -0.05) is 6.07 Å². The smallest absolute Gasteiger partial charge is 0.262 e. The van der Waals surface area contributed by atoms with E-state index in [1.54, 1.807) is 18.2 Å². The van der Waals surface area contributed by atoms with Gasteiger partial charge < -0.3 is 19.5 Å². The van der Waals surface area contributed by atoms with E-state index in [0.29, 0.717) is 22.9 Å². The molecule has 1 amide bonds. The van der Waals surface area contributed by atoms with Gasteiger partial charge in [0.25, 0.3) is 5.91 Å². The van der Waals surface area contributed by atoms with Gasteiger partial charge in [0, 0.05) is 19.8 Å². The number of carbonyl (C=O) groups is 1. The quantitative estimate of drug-likeness (QED) is 0.736. The monoisotopic (exact) mass is 394 g/mol. The normalized spacial score (nSPS) is 11.1. The number of amides is 1. The first-order chi connectivity index (χ1) is 12.8. The Kier molecular flexibility index (Phi) is 6.65. The highest BCUT2D eigenvalue weighted by Crippen LogP contribution is 2.36. The Morgan fingerprint density at radius 3 is 2.04 bits per heavy atom. The number of anilines is 1. The SMILES string of the molecule is COc1cccc(OC)c1OCC(=O)Nc1ccc(S(=O)(=O)N(C)C)cc1. The van der Waals surface area contributed by atoms with Gasteiger partial charge in [-0.3, -0.25) is 4.79 Å². The zero-order chi connectivity index (χ0) is 20.0. The maximum absolute atomic E-state index is 12.1. The van der Waals surface area contributed by atoms with Gasteiger partial charge in [0.1, 0.15) is 0 Å². The van der Waals surface area contributed by atoms with E-state index < -0.39 is 15.9 Å². The Morgan fingerprint density at radius 2 is 1.56 bits per heavy atom. The van der Waals surface area contributed by atoms with Crippen LogP contribution < -0.4 is 19.5 Å². The molecule has 1 N–H and O–H groups in total. The molecule has 0 aromatic heterocycles. The van der Waals surface area contributed by atoms with Crippen LogP contribution in [-0.4, -0.2) is 53.6 Å². The molecule has 0 unspecified atom stereocenters. The van der Waals surface area contributed by atoms with Gasteiger partial charge in [0.05, 0.1) is 19.1 Å². The van der Waals surface area contributed by atoms with E-state index in [2.05, 4.69) is 5.32 Å². The molecule has 0 heterocycles. The lowest BCUT2D eigenvalue weighted by atomic mass is 10.3. The summed E-state index contributed by atoms with van der Waals surface area (Å²) in [5.74, 6) is 0.803. The standard InChI is InChI=1S/C18H22N2O6S/c1-20(2)27(22,23)14-10-8-13(9-11-14)19-17(21)12-26-18-15(24-3)6-5-7-16(18)25-4/h5-11H,12H2,1-4H3,(H,19,21). The van der Waals surface area contributed by atoms with Crippen molar-refractivity contribution in [1.82, 2.24) is 4.31 Å². The molecule has 0 atom stereocenters. The molecule has 2 aromatic rings. The zero-order valence-corrected chi connectivity index (χ0v) is 16.4. The summed E-state index contributed by atoms with van der Waals surface area (Å²) in [7, 11) is 2.37. The average molecular weight is 394 g/mol. The van der Waals surface area contributed by atoms with Crippen LogP contribution in [-0.2, 0) is 14.8 Å². The van der Waals surface area contributed by atoms with Crippen LogP contribution in [0.2, 0.25) is 0 Å². The van der Waals surface area contributed by atoms with Crippen molar-refractivity contribution in [3.8, 4) is 17.2 Å². The fourth-order valence-corrected chi connectivity index (χ4v) is 3.12. The first kappa shape index (κ1) is 20.5. The number of methoxy groups -OCH3 is 2. The summed E-state index contributed by atoms with van der Waals surface area (Å²) in [6.07, 6.45) is 0. The van der Waals surface area contributed by atoms with Gasteiger partial charge in [-0.25, -0.2) is 12.7 Å². The number of sulfonamides is 1. The van der Waals surface area contributed by atoms with Crippen molar-refractivity contribution in [3.05, 3.63) is 42.5 Å². The second-order valence-electron chi connectivity index (χ2n) is 5.64. The molecule has 8 nitrogen and oxygen atoms in total. The number of ether oxygens (including phenoxy) is 3. The molecule has 2 rings (SSSR count). The number of benzene rings is 2. The minimum Gasteiger partial charge on any atom is -0.493 e. The van der Waals surface area contributed by atoms with E-state index >= 15 is 0 Å². The van der Waals surface area contributed by atoms with E-state index in [1.165, 1.54) is 52.6 Å². The third-order valence-corrected chi connectivity index (χ3v) is 5.48. The Labute approximate surface area is 158 Å². The van der Waals surface area contributed by atoms with Crippen LogP contribution in [0.5, 0.6) is 17.2 Å². The molecule has 27 heavy (non-hydrogen) atoms. The Bertz CT molecular complexity index is 872. The maximum Gasteiger partial charge on any atom is 0.262 e. The zero-order valence-electron chi connectivity index (χ0n) is 15.6. The molecule has 0 fully saturated rings. The minimum atomic E-state index is -3.52. The maximum atomic E-state index is 12.1. The Balaban J connectivity index is 2.03. The van der Waals surface area contributed by atoms with Gasteiger partial charge in [-0.05, 0) is 36.4 Å². The summed E-state index contributed by atoms with van der Waals surface area (Å²) in [5, 5.41) is 2.64. The summed E-state index contributed by atoms with van der Waals surface area (Å²) >= 11 is 0. The second kappa shape index (κ2) is 8.74. The minimum absolute atomic E-state index is 0.139. The lowest BCUT2D eigenvalue weighted by Gasteiger charge is -2.14. The molecular formula is C18H22N2O6S. The van der Waals surface area contributed by atoms with Crippen LogP contribution in [0.15, 0.2) is 47.4 Å². The molecule has 0 radical (unpaired) electrons. The lowest BCUT2D eigenvalue weighted by Crippen LogP contribution is -2.22. The fraction of sp³-hybridized carbons (Fsp3) is 0.278. The van der Waals surface area contributed by atoms with Crippen LogP contribution in [0, 0.1) is 0 Å². The van der Waals surface area contributed by atoms with Crippen molar-refractivity contribution in [2.24, 2.45) is 0 Å².